The lowest BCUT2D eigenvalue weighted by Gasteiger charge is -2.18. The average Bonchev–Trinajstić information content (AvgIpc) is 2.09. The van der Waals surface area contributed by atoms with Gasteiger partial charge in [-0.3, -0.25) is 14.6 Å². The second-order valence-electron chi connectivity index (χ2n) is 5.50. The van der Waals surface area contributed by atoms with Crippen molar-refractivity contribution in [3.8, 4) is 0 Å². The zero-order valence-electron chi connectivity index (χ0n) is 11.1. The summed E-state index contributed by atoms with van der Waals surface area (Å²) in [4.78, 5) is 25.9. The summed E-state index contributed by atoms with van der Waals surface area (Å²) in [6.07, 6.45) is 1.74. The number of rotatable bonds is 5. The molecule has 0 atom stereocenters. The Balaban J connectivity index is 4.06. The minimum atomic E-state index is -0.888. The molecular weight excluding hydrogens is 222 g/mol. The number of hydrogen-bond acceptors (Lipinski definition) is 4. The average molecular weight is 243 g/mol. The molecule has 98 valence electrons. The van der Waals surface area contributed by atoms with Crippen LogP contribution in [0.15, 0.2) is 4.99 Å². The predicted octanol–water partition coefficient (Wildman–Crippen LogP) is 1.90. The molecule has 0 radical (unpaired) electrons. The maximum absolute atomic E-state index is 11.3. The van der Waals surface area contributed by atoms with Crippen LogP contribution in [-0.2, 0) is 14.3 Å². The molecule has 0 aliphatic rings. The first kappa shape index (κ1) is 15.6. The summed E-state index contributed by atoms with van der Waals surface area (Å²) in [5.41, 5.74) is -1.38. The molecule has 0 saturated carbocycles. The Bertz CT molecular complexity index is 313. The van der Waals surface area contributed by atoms with Crippen molar-refractivity contribution in [2.45, 2.75) is 46.6 Å². The van der Waals surface area contributed by atoms with Gasteiger partial charge in [0.1, 0.15) is 12.1 Å². The van der Waals surface area contributed by atoms with Gasteiger partial charge in [-0.2, -0.15) is 0 Å². The van der Waals surface area contributed by atoms with E-state index in [0.29, 0.717) is 0 Å². The molecular formula is C12H21NO4. The van der Waals surface area contributed by atoms with E-state index in [4.69, 9.17) is 9.84 Å². The zero-order chi connectivity index (χ0) is 13.7. The summed E-state index contributed by atoms with van der Waals surface area (Å²) in [7, 11) is 0. The molecule has 5 nitrogen and oxygen atoms in total. The number of esters is 1. The molecule has 0 aromatic rings. The van der Waals surface area contributed by atoms with Crippen LogP contribution in [-0.4, -0.2) is 35.4 Å². The van der Waals surface area contributed by atoms with Crippen LogP contribution >= 0.6 is 0 Å². The Hall–Kier alpha value is -1.39. The van der Waals surface area contributed by atoms with Crippen molar-refractivity contribution in [3.05, 3.63) is 0 Å². The number of aliphatic imine (C=N–C) groups is 1. The number of ether oxygens (including phenoxy) is 1. The second kappa shape index (κ2) is 5.80. The Morgan fingerprint density at radius 1 is 1.24 bits per heavy atom. The van der Waals surface area contributed by atoms with Gasteiger partial charge in [0.05, 0.1) is 5.41 Å². The molecule has 1 N–H and O–H groups in total. The van der Waals surface area contributed by atoms with Crippen molar-refractivity contribution in [2.24, 2.45) is 10.4 Å². The van der Waals surface area contributed by atoms with Crippen molar-refractivity contribution >= 4 is 18.2 Å². The Morgan fingerprint density at radius 2 is 1.76 bits per heavy atom. The molecule has 0 aliphatic heterocycles. The molecule has 0 spiro atoms. The maximum atomic E-state index is 11.3. The van der Waals surface area contributed by atoms with Gasteiger partial charge in [-0.1, -0.05) is 0 Å². The Labute approximate surface area is 102 Å². The van der Waals surface area contributed by atoms with Crippen molar-refractivity contribution in [2.75, 3.05) is 6.54 Å². The molecule has 0 rings (SSSR count). The maximum Gasteiger partial charge on any atom is 0.328 e. The molecule has 0 aromatic heterocycles. The number of nitrogens with zero attached hydrogens (tertiary/aromatic N) is 1. The van der Waals surface area contributed by atoms with E-state index >= 15 is 0 Å². The second-order valence-corrected chi connectivity index (χ2v) is 5.50. The molecule has 5 heteroatoms. The zero-order valence-corrected chi connectivity index (χ0v) is 11.1. The van der Waals surface area contributed by atoms with Crippen molar-refractivity contribution in [1.82, 2.24) is 0 Å². The van der Waals surface area contributed by atoms with Crippen LogP contribution in [0.3, 0.4) is 0 Å². The number of carbonyl (C=O) groups excluding carboxylic acids is 1. The third-order valence-electron chi connectivity index (χ3n) is 1.95. The first-order valence-electron chi connectivity index (χ1n) is 5.48. The van der Waals surface area contributed by atoms with Crippen LogP contribution in [0.4, 0.5) is 0 Å². The third kappa shape index (κ3) is 7.49. The SMILES string of the molecule is CC(C)(C)OC(=O)CN=CCC(C)(C)C(=O)O. The number of carbonyl (C=O) groups is 2. The number of carboxylic acid groups (broad SMARTS) is 1. The van der Waals surface area contributed by atoms with Gasteiger partial charge in [0.15, 0.2) is 0 Å². The summed E-state index contributed by atoms with van der Waals surface area (Å²) < 4.78 is 5.05. The monoisotopic (exact) mass is 243 g/mol. The smallest absolute Gasteiger partial charge is 0.328 e. The lowest BCUT2D eigenvalue weighted by Crippen LogP contribution is -2.26. The van der Waals surface area contributed by atoms with Gasteiger partial charge in [-0.15, -0.1) is 0 Å². The normalized spacial score (nSPS) is 12.8. The highest BCUT2D eigenvalue weighted by atomic mass is 16.6. The summed E-state index contributed by atoms with van der Waals surface area (Å²) in [6, 6.07) is 0. The minimum absolute atomic E-state index is 0.0764. The molecule has 0 unspecified atom stereocenters. The summed E-state index contributed by atoms with van der Waals surface area (Å²) >= 11 is 0. The highest BCUT2D eigenvalue weighted by molar-refractivity contribution is 5.79. The van der Waals surface area contributed by atoms with Crippen LogP contribution in [0.5, 0.6) is 0 Å². The quantitative estimate of drug-likeness (QED) is 0.591. The highest BCUT2D eigenvalue weighted by Crippen LogP contribution is 2.18. The standard InChI is InChI=1S/C12H21NO4/c1-11(2,3)17-9(14)8-13-7-6-12(4,5)10(15)16/h7H,6,8H2,1-5H3,(H,15,16). The van der Waals surface area contributed by atoms with Gasteiger partial charge in [0, 0.05) is 6.21 Å². The van der Waals surface area contributed by atoms with Gasteiger partial charge in [0.25, 0.3) is 0 Å². The molecule has 17 heavy (non-hydrogen) atoms. The first-order chi connectivity index (χ1) is 7.54. The topological polar surface area (TPSA) is 76.0 Å². The first-order valence-corrected chi connectivity index (χ1v) is 5.48. The highest BCUT2D eigenvalue weighted by Gasteiger charge is 2.25. The minimum Gasteiger partial charge on any atom is -0.481 e. The number of carboxylic acids is 1. The van der Waals surface area contributed by atoms with Gasteiger partial charge in [0.2, 0.25) is 0 Å². The number of aliphatic carboxylic acids is 1. The molecule has 0 aromatic carbocycles. The molecule has 0 heterocycles. The van der Waals surface area contributed by atoms with Crippen molar-refractivity contribution < 1.29 is 19.4 Å². The number of hydrogen-bond donors (Lipinski definition) is 1. The van der Waals surface area contributed by atoms with Gasteiger partial charge in [-0.05, 0) is 41.0 Å². The van der Waals surface area contributed by atoms with E-state index in [-0.39, 0.29) is 13.0 Å². The van der Waals surface area contributed by atoms with Crippen molar-refractivity contribution in [1.29, 1.82) is 0 Å². The summed E-state index contributed by atoms with van der Waals surface area (Å²) in [5.74, 6) is -1.30. The summed E-state index contributed by atoms with van der Waals surface area (Å²) in [6.45, 7) is 8.48. The summed E-state index contributed by atoms with van der Waals surface area (Å²) in [5, 5.41) is 8.85. The largest absolute Gasteiger partial charge is 0.481 e. The van der Waals surface area contributed by atoms with Crippen LogP contribution in [0.2, 0.25) is 0 Å². The molecule has 0 amide bonds. The van der Waals surface area contributed by atoms with E-state index in [0.717, 1.165) is 0 Å². The van der Waals surface area contributed by atoms with E-state index in [1.165, 1.54) is 6.21 Å². The molecule has 0 fully saturated rings. The van der Waals surface area contributed by atoms with E-state index in [9.17, 15) is 9.59 Å². The lowest BCUT2D eigenvalue weighted by molar-refractivity contribution is -0.152. The van der Waals surface area contributed by atoms with Gasteiger partial charge in [-0.25, -0.2) is 0 Å². The lowest BCUT2D eigenvalue weighted by atomic mass is 9.90. The van der Waals surface area contributed by atoms with Crippen LogP contribution in [0.25, 0.3) is 0 Å². The van der Waals surface area contributed by atoms with E-state index in [1.807, 2.05) is 0 Å². The van der Waals surface area contributed by atoms with Crippen LogP contribution in [0.1, 0.15) is 41.0 Å². The van der Waals surface area contributed by atoms with Crippen LogP contribution in [0, 0.1) is 5.41 Å². The van der Waals surface area contributed by atoms with Gasteiger partial charge < -0.3 is 9.84 Å². The van der Waals surface area contributed by atoms with Crippen LogP contribution < -0.4 is 0 Å². The van der Waals surface area contributed by atoms with E-state index in [2.05, 4.69) is 4.99 Å². The molecule has 0 bridgehead atoms. The van der Waals surface area contributed by atoms with Gasteiger partial charge >= 0.3 is 11.9 Å². The molecule has 0 aliphatic carbocycles. The van der Waals surface area contributed by atoms with E-state index in [1.54, 1.807) is 34.6 Å². The fourth-order valence-corrected chi connectivity index (χ4v) is 0.893. The predicted molar refractivity (Wildman–Crippen MR) is 65.2 cm³/mol. The fraction of sp³-hybridized carbons (Fsp3) is 0.750. The Kier molecular flexibility index (Phi) is 5.32. The van der Waals surface area contributed by atoms with Crippen molar-refractivity contribution in [3.63, 3.8) is 0 Å². The fourth-order valence-electron chi connectivity index (χ4n) is 0.893. The Morgan fingerprint density at radius 3 is 2.18 bits per heavy atom. The van der Waals surface area contributed by atoms with E-state index < -0.39 is 23.0 Å². The molecule has 0 saturated heterocycles. The third-order valence-corrected chi connectivity index (χ3v) is 1.95.